The molecule has 3 rings (SSSR count). The van der Waals surface area contributed by atoms with Crippen LogP contribution in [0, 0.1) is 0 Å². The Labute approximate surface area is 156 Å². The fraction of sp³-hybridized carbons (Fsp3) is 0.190. The molecule has 2 aromatic carbocycles. The van der Waals surface area contributed by atoms with Crippen LogP contribution in [0.25, 0.3) is 11.0 Å². The molecule has 1 aromatic heterocycles. The van der Waals surface area contributed by atoms with Gasteiger partial charge >= 0.3 is 5.63 Å². The summed E-state index contributed by atoms with van der Waals surface area (Å²) in [6.45, 7) is 2.16. The van der Waals surface area contributed by atoms with E-state index in [9.17, 15) is 14.4 Å². The van der Waals surface area contributed by atoms with E-state index in [4.69, 9.17) is 4.42 Å². The lowest BCUT2D eigenvalue weighted by Crippen LogP contribution is -2.27. The summed E-state index contributed by atoms with van der Waals surface area (Å²) >= 11 is 0. The van der Waals surface area contributed by atoms with E-state index in [1.54, 1.807) is 36.4 Å². The first kappa shape index (κ1) is 18.4. The molecule has 0 spiro atoms. The Morgan fingerprint density at radius 3 is 2.67 bits per heavy atom. The second-order valence-electron chi connectivity index (χ2n) is 6.17. The maximum Gasteiger partial charge on any atom is 0.349 e. The lowest BCUT2D eigenvalue weighted by atomic mass is 10.1. The largest absolute Gasteiger partial charge is 0.422 e. The van der Waals surface area contributed by atoms with Gasteiger partial charge in [0, 0.05) is 24.0 Å². The number of fused-ring (bicyclic) bond motifs is 1. The summed E-state index contributed by atoms with van der Waals surface area (Å²) in [6.07, 6.45) is 1.23. The highest BCUT2D eigenvalue weighted by Gasteiger charge is 2.13. The van der Waals surface area contributed by atoms with Gasteiger partial charge in [-0.3, -0.25) is 9.59 Å². The summed E-state index contributed by atoms with van der Waals surface area (Å²) in [5.41, 5.74) is 1.20. The van der Waals surface area contributed by atoms with Crippen molar-refractivity contribution in [1.29, 1.82) is 0 Å². The van der Waals surface area contributed by atoms with Crippen molar-refractivity contribution in [3.63, 3.8) is 0 Å². The van der Waals surface area contributed by atoms with E-state index in [0.29, 0.717) is 23.1 Å². The molecule has 6 nitrogen and oxygen atoms in total. The van der Waals surface area contributed by atoms with Crippen molar-refractivity contribution in [2.45, 2.75) is 26.3 Å². The standard InChI is InChI=1S/C21H20N2O4/c1-2-6-19(24)23-16-9-5-7-14(11-16)13-22-20(25)17-12-15-8-3-4-10-18(15)27-21(17)26/h3-5,7-12H,2,6,13H2,1H3,(H,22,25)(H,23,24). The molecule has 2 N–H and O–H groups in total. The Hall–Kier alpha value is -3.41. The maximum atomic E-state index is 12.4. The van der Waals surface area contributed by atoms with E-state index in [-0.39, 0.29) is 18.0 Å². The third kappa shape index (κ3) is 4.61. The van der Waals surface area contributed by atoms with Gasteiger partial charge in [0.05, 0.1) is 0 Å². The van der Waals surface area contributed by atoms with Crippen LogP contribution in [0.15, 0.2) is 63.8 Å². The SMILES string of the molecule is CCCC(=O)Nc1cccc(CNC(=O)c2cc3ccccc3oc2=O)c1. The average molecular weight is 364 g/mol. The number of para-hydroxylation sites is 1. The van der Waals surface area contributed by atoms with Crippen LogP contribution in [0.4, 0.5) is 5.69 Å². The van der Waals surface area contributed by atoms with Crippen LogP contribution < -0.4 is 16.3 Å². The second-order valence-corrected chi connectivity index (χ2v) is 6.17. The lowest BCUT2D eigenvalue weighted by molar-refractivity contribution is -0.116. The molecule has 0 aliphatic carbocycles. The molecule has 2 amide bonds. The van der Waals surface area contributed by atoms with Crippen LogP contribution in [-0.4, -0.2) is 11.8 Å². The second kappa shape index (κ2) is 8.31. The summed E-state index contributed by atoms with van der Waals surface area (Å²) in [5.74, 6) is -0.553. The van der Waals surface area contributed by atoms with Gasteiger partial charge in [-0.2, -0.15) is 0 Å². The van der Waals surface area contributed by atoms with E-state index in [1.165, 1.54) is 6.07 Å². The number of anilines is 1. The molecule has 0 fully saturated rings. The molecule has 0 aliphatic rings. The lowest BCUT2D eigenvalue weighted by Gasteiger charge is -2.08. The summed E-state index contributed by atoms with van der Waals surface area (Å²) in [5, 5.41) is 6.21. The monoisotopic (exact) mass is 364 g/mol. The molecular weight excluding hydrogens is 344 g/mol. The number of amides is 2. The van der Waals surface area contributed by atoms with Gasteiger partial charge in [-0.15, -0.1) is 0 Å². The van der Waals surface area contributed by atoms with Crippen molar-refractivity contribution in [3.8, 4) is 0 Å². The summed E-state index contributed by atoms with van der Waals surface area (Å²) in [4.78, 5) is 36.1. The third-order valence-electron chi connectivity index (χ3n) is 4.03. The van der Waals surface area contributed by atoms with Gasteiger partial charge in [-0.05, 0) is 36.2 Å². The highest BCUT2D eigenvalue weighted by molar-refractivity contribution is 5.96. The molecule has 138 valence electrons. The highest BCUT2D eigenvalue weighted by Crippen LogP contribution is 2.14. The van der Waals surface area contributed by atoms with Crippen LogP contribution in [0.2, 0.25) is 0 Å². The number of hydrogen-bond donors (Lipinski definition) is 2. The molecule has 0 bridgehead atoms. The quantitative estimate of drug-likeness (QED) is 0.656. The molecule has 0 atom stereocenters. The first-order valence-electron chi connectivity index (χ1n) is 8.76. The normalized spacial score (nSPS) is 10.6. The van der Waals surface area contributed by atoms with Crippen LogP contribution in [0.3, 0.4) is 0 Å². The molecule has 0 radical (unpaired) electrons. The van der Waals surface area contributed by atoms with E-state index in [0.717, 1.165) is 12.0 Å². The molecule has 1 heterocycles. The zero-order valence-corrected chi connectivity index (χ0v) is 15.0. The van der Waals surface area contributed by atoms with Crippen molar-refractivity contribution in [3.05, 3.63) is 76.1 Å². The molecular formula is C21H20N2O4. The molecule has 0 saturated heterocycles. The van der Waals surface area contributed by atoms with Crippen molar-refractivity contribution in [1.82, 2.24) is 5.32 Å². The van der Waals surface area contributed by atoms with Gasteiger partial charge in [-0.1, -0.05) is 37.3 Å². The first-order chi connectivity index (χ1) is 13.1. The van der Waals surface area contributed by atoms with Crippen molar-refractivity contribution in [2.24, 2.45) is 0 Å². The Bertz CT molecular complexity index is 1040. The number of rotatable bonds is 6. The summed E-state index contributed by atoms with van der Waals surface area (Å²) in [7, 11) is 0. The predicted octanol–water partition coefficient (Wildman–Crippen LogP) is 3.46. The van der Waals surface area contributed by atoms with E-state index in [2.05, 4.69) is 10.6 Å². The molecule has 27 heavy (non-hydrogen) atoms. The van der Waals surface area contributed by atoms with E-state index >= 15 is 0 Å². The van der Waals surface area contributed by atoms with E-state index in [1.807, 2.05) is 19.1 Å². The van der Waals surface area contributed by atoms with Gasteiger partial charge < -0.3 is 15.1 Å². The molecule has 0 aliphatic heterocycles. The minimum absolute atomic E-state index is 0.0406. The minimum atomic E-state index is -0.674. The van der Waals surface area contributed by atoms with Crippen LogP contribution in [0.1, 0.15) is 35.7 Å². The zero-order valence-electron chi connectivity index (χ0n) is 15.0. The summed E-state index contributed by atoms with van der Waals surface area (Å²) in [6, 6.07) is 15.8. The smallest absolute Gasteiger partial charge is 0.349 e. The minimum Gasteiger partial charge on any atom is -0.422 e. The third-order valence-corrected chi connectivity index (χ3v) is 4.03. The molecule has 3 aromatic rings. The van der Waals surface area contributed by atoms with Crippen LogP contribution >= 0.6 is 0 Å². The number of benzene rings is 2. The molecule has 0 saturated carbocycles. The zero-order chi connectivity index (χ0) is 19.2. The topological polar surface area (TPSA) is 88.4 Å². The van der Waals surface area contributed by atoms with Crippen LogP contribution in [-0.2, 0) is 11.3 Å². The maximum absolute atomic E-state index is 12.4. The number of carbonyl (C=O) groups excluding carboxylic acids is 2. The van der Waals surface area contributed by atoms with Crippen molar-refractivity contribution in [2.75, 3.05) is 5.32 Å². The van der Waals surface area contributed by atoms with Crippen molar-refractivity contribution < 1.29 is 14.0 Å². The fourth-order valence-electron chi connectivity index (χ4n) is 2.71. The fourth-order valence-corrected chi connectivity index (χ4v) is 2.71. The number of hydrogen-bond acceptors (Lipinski definition) is 4. The summed E-state index contributed by atoms with van der Waals surface area (Å²) < 4.78 is 5.19. The van der Waals surface area contributed by atoms with Gasteiger partial charge in [-0.25, -0.2) is 4.79 Å². The van der Waals surface area contributed by atoms with Gasteiger partial charge in [0.15, 0.2) is 0 Å². The van der Waals surface area contributed by atoms with Crippen LogP contribution in [0.5, 0.6) is 0 Å². The van der Waals surface area contributed by atoms with Gasteiger partial charge in [0.2, 0.25) is 5.91 Å². The van der Waals surface area contributed by atoms with E-state index < -0.39 is 11.5 Å². The Morgan fingerprint density at radius 2 is 1.85 bits per heavy atom. The number of carbonyl (C=O) groups is 2. The van der Waals surface area contributed by atoms with Gasteiger partial charge in [0.25, 0.3) is 5.91 Å². The molecule has 0 unspecified atom stereocenters. The van der Waals surface area contributed by atoms with Crippen molar-refractivity contribution >= 4 is 28.5 Å². The Kier molecular flexibility index (Phi) is 5.66. The number of nitrogens with one attached hydrogen (secondary N) is 2. The molecule has 6 heteroatoms. The Balaban J connectivity index is 1.70. The Morgan fingerprint density at radius 1 is 1.04 bits per heavy atom. The predicted molar refractivity (Wildman–Crippen MR) is 104 cm³/mol. The van der Waals surface area contributed by atoms with Gasteiger partial charge in [0.1, 0.15) is 11.1 Å². The first-order valence-corrected chi connectivity index (χ1v) is 8.76. The average Bonchev–Trinajstić information content (AvgIpc) is 2.66. The highest BCUT2D eigenvalue weighted by atomic mass is 16.4.